The summed E-state index contributed by atoms with van der Waals surface area (Å²) in [5.74, 6) is 0.471. The van der Waals surface area contributed by atoms with Crippen molar-refractivity contribution in [3.05, 3.63) is 24.3 Å². The second-order valence-electron chi connectivity index (χ2n) is 4.31. The van der Waals surface area contributed by atoms with Crippen molar-refractivity contribution in [2.24, 2.45) is 0 Å². The van der Waals surface area contributed by atoms with Gasteiger partial charge in [0.1, 0.15) is 23.7 Å². The molecule has 0 aliphatic heterocycles. The number of ether oxygens (including phenoxy) is 2. The molecule has 4 N–H and O–H groups in total. The van der Waals surface area contributed by atoms with Gasteiger partial charge in [-0.2, -0.15) is 0 Å². The molecule has 6 heteroatoms. The quantitative estimate of drug-likeness (QED) is 0.566. The normalized spacial score (nSPS) is 16.1. The van der Waals surface area contributed by atoms with E-state index in [0.29, 0.717) is 5.75 Å². The van der Waals surface area contributed by atoms with Crippen LogP contribution in [0.25, 0.3) is 0 Å². The number of hydrogen-bond donors (Lipinski definition) is 4. The van der Waals surface area contributed by atoms with Crippen molar-refractivity contribution in [3.8, 4) is 11.5 Å². The van der Waals surface area contributed by atoms with Crippen LogP contribution in [0.15, 0.2) is 24.3 Å². The molecule has 0 saturated heterocycles. The first kappa shape index (κ1) is 19.7. The molecule has 3 unspecified atom stereocenters. The molecule has 0 aliphatic rings. The second-order valence-corrected chi connectivity index (χ2v) is 4.31. The number of aromatic hydroxyl groups is 1. The van der Waals surface area contributed by atoms with Gasteiger partial charge < -0.3 is 29.9 Å². The summed E-state index contributed by atoms with van der Waals surface area (Å²) in [6, 6.07) is 5.87. The summed E-state index contributed by atoms with van der Waals surface area (Å²) in [6.07, 6.45) is -3.63. The lowest BCUT2D eigenvalue weighted by atomic mass is 10.2. The van der Waals surface area contributed by atoms with Crippen LogP contribution < -0.4 is 4.74 Å². The fourth-order valence-electron chi connectivity index (χ4n) is 1.41. The Morgan fingerprint density at radius 1 is 1.05 bits per heavy atom. The van der Waals surface area contributed by atoms with Gasteiger partial charge in [0.25, 0.3) is 0 Å². The van der Waals surface area contributed by atoms with E-state index in [9.17, 15) is 10.2 Å². The molecule has 6 nitrogen and oxygen atoms in total. The molecule has 0 fully saturated rings. The van der Waals surface area contributed by atoms with E-state index in [-0.39, 0.29) is 12.4 Å². The molecule has 1 rings (SSSR count). The van der Waals surface area contributed by atoms with Gasteiger partial charge in [0.2, 0.25) is 6.29 Å². The maximum Gasteiger partial charge on any atom is 0.223 e. The third kappa shape index (κ3) is 7.29. The molecular formula is C15H26O6. The van der Waals surface area contributed by atoms with E-state index in [1.54, 1.807) is 6.92 Å². The molecule has 122 valence electrons. The summed E-state index contributed by atoms with van der Waals surface area (Å²) < 4.78 is 10.5. The van der Waals surface area contributed by atoms with Crippen molar-refractivity contribution in [1.82, 2.24) is 0 Å². The van der Waals surface area contributed by atoms with E-state index < -0.39 is 24.6 Å². The average Bonchev–Trinajstić information content (AvgIpc) is 2.48. The van der Waals surface area contributed by atoms with Gasteiger partial charge in [-0.3, -0.25) is 0 Å². The summed E-state index contributed by atoms with van der Waals surface area (Å²) in [6.45, 7) is 6.70. The monoisotopic (exact) mass is 302 g/mol. The first-order chi connectivity index (χ1) is 9.93. The number of hydrogen-bond acceptors (Lipinski definition) is 6. The van der Waals surface area contributed by atoms with Crippen LogP contribution in [0.1, 0.15) is 27.7 Å². The fourth-order valence-corrected chi connectivity index (χ4v) is 1.41. The lowest BCUT2D eigenvalue weighted by Gasteiger charge is -2.26. The molecule has 1 aromatic carbocycles. The first-order valence-electron chi connectivity index (χ1n) is 7.02. The van der Waals surface area contributed by atoms with Gasteiger partial charge >= 0.3 is 0 Å². The molecule has 21 heavy (non-hydrogen) atoms. The van der Waals surface area contributed by atoms with E-state index in [1.165, 1.54) is 31.2 Å². The van der Waals surface area contributed by atoms with Crippen molar-refractivity contribution in [3.63, 3.8) is 0 Å². The summed E-state index contributed by atoms with van der Waals surface area (Å²) >= 11 is 0. The molecule has 4 atom stereocenters. The average molecular weight is 302 g/mol. The smallest absolute Gasteiger partial charge is 0.223 e. The zero-order valence-electron chi connectivity index (χ0n) is 12.9. The van der Waals surface area contributed by atoms with Crippen LogP contribution in [-0.2, 0) is 4.74 Å². The zero-order valence-corrected chi connectivity index (χ0v) is 12.9. The van der Waals surface area contributed by atoms with Gasteiger partial charge in [-0.25, -0.2) is 0 Å². The Hall–Kier alpha value is -1.34. The molecule has 0 aliphatic carbocycles. The maximum atomic E-state index is 9.79. The van der Waals surface area contributed by atoms with E-state index in [1.807, 2.05) is 13.8 Å². The van der Waals surface area contributed by atoms with Crippen molar-refractivity contribution in [1.29, 1.82) is 0 Å². The van der Waals surface area contributed by atoms with E-state index in [2.05, 4.69) is 0 Å². The minimum absolute atomic E-state index is 0.0978. The fraction of sp³-hybridized carbons (Fsp3) is 0.600. The first-order valence-corrected chi connectivity index (χ1v) is 7.02. The molecular weight excluding hydrogens is 276 g/mol. The minimum atomic E-state index is -1.25. The van der Waals surface area contributed by atoms with Crippen LogP contribution in [0.4, 0.5) is 0 Å². The number of phenols is 1. The van der Waals surface area contributed by atoms with Gasteiger partial charge in [0.15, 0.2) is 0 Å². The van der Waals surface area contributed by atoms with Crippen molar-refractivity contribution >= 4 is 0 Å². The highest BCUT2D eigenvalue weighted by Crippen LogP contribution is 2.18. The molecule has 0 radical (unpaired) electrons. The van der Waals surface area contributed by atoms with Crippen molar-refractivity contribution in [2.75, 3.05) is 6.61 Å². The second kappa shape index (κ2) is 10.4. The molecule has 0 spiro atoms. The molecule has 1 aromatic rings. The van der Waals surface area contributed by atoms with Crippen LogP contribution >= 0.6 is 0 Å². The standard InChI is InChI=1S/C13H20O6.C2H6/c1-8(15)12(7-14)18-9(2)13(17)19-11-5-3-10(16)4-6-11;1-2/h3-6,8-9,12-17H,7H2,1-2H3;1-2H3/t8?,9?,12?,13-;/m0./s1. The minimum Gasteiger partial charge on any atom is -0.508 e. The van der Waals surface area contributed by atoms with E-state index in [4.69, 9.17) is 19.7 Å². The van der Waals surface area contributed by atoms with Crippen molar-refractivity contribution < 1.29 is 29.9 Å². The Balaban J connectivity index is 0.00000191. The Morgan fingerprint density at radius 2 is 1.57 bits per heavy atom. The molecule has 0 bridgehead atoms. The topological polar surface area (TPSA) is 99.4 Å². The predicted octanol–water partition coefficient (Wildman–Crippen LogP) is 1.26. The van der Waals surface area contributed by atoms with Gasteiger partial charge in [0, 0.05) is 0 Å². The van der Waals surface area contributed by atoms with Gasteiger partial charge in [0.05, 0.1) is 12.7 Å². The van der Waals surface area contributed by atoms with Gasteiger partial charge in [-0.1, -0.05) is 13.8 Å². The molecule has 0 heterocycles. The highest BCUT2D eigenvalue weighted by molar-refractivity contribution is 5.30. The molecule has 0 saturated carbocycles. The van der Waals surface area contributed by atoms with Crippen LogP contribution in [-0.4, -0.2) is 51.6 Å². The summed E-state index contributed by atoms with van der Waals surface area (Å²) in [4.78, 5) is 0. The van der Waals surface area contributed by atoms with Crippen LogP contribution in [0.5, 0.6) is 11.5 Å². The summed E-state index contributed by atoms with van der Waals surface area (Å²) in [7, 11) is 0. The van der Waals surface area contributed by atoms with Gasteiger partial charge in [-0.05, 0) is 38.1 Å². The number of aliphatic hydroxyl groups excluding tert-OH is 3. The molecule has 0 amide bonds. The maximum absolute atomic E-state index is 9.79. The highest BCUT2D eigenvalue weighted by Gasteiger charge is 2.23. The Bertz CT molecular complexity index is 365. The number of rotatable bonds is 7. The Kier molecular flexibility index (Phi) is 9.73. The van der Waals surface area contributed by atoms with Crippen LogP contribution in [0, 0.1) is 0 Å². The number of aliphatic hydroxyl groups is 3. The Labute approximate surface area is 125 Å². The lowest BCUT2D eigenvalue weighted by Crippen LogP contribution is -2.40. The van der Waals surface area contributed by atoms with Crippen LogP contribution in [0.3, 0.4) is 0 Å². The predicted molar refractivity (Wildman–Crippen MR) is 79.2 cm³/mol. The number of benzene rings is 1. The Morgan fingerprint density at radius 3 is 2.00 bits per heavy atom. The lowest BCUT2D eigenvalue weighted by molar-refractivity contribution is -0.168. The third-order valence-corrected chi connectivity index (χ3v) is 2.60. The SMILES string of the molecule is CC.CC(O)C(CO)OC(C)[C@@H](O)Oc1ccc(O)cc1. The third-order valence-electron chi connectivity index (χ3n) is 2.60. The zero-order chi connectivity index (χ0) is 16.4. The highest BCUT2D eigenvalue weighted by atomic mass is 16.6. The van der Waals surface area contributed by atoms with E-state index >= 15 is 0 Å². The number of phenolic OH excluding ortho intramolecular Hbond substituents is 1. The summed E-state index contributed by atoms with van der Waals surface area (Å²) in [5, 5.41) is 37.2. The van der Waals surface area contributed by atoms with E-state index in [0.717, 1.165) is 0 Å². The van der Waals surface area contributed by atoms with Gasteiger partial charge in [-0.15, -0.1) is 0 Å². The summed E-state index contributed by atoms with van der Waals surface area (Å²) in [5.41, 5.74) is 0. The largest absolute Gasteiger partial charge is 0.508 e. The van der Waals surface area contributed by atoms with Crippen molar-refractivity contribution in [2.45, 2.75) is 52.3 Å². The van der Waals surface area contributed by atoms with Crippen LogP contribution in [0.2, 0.25) is 0 Å². The molecule has 0 aromatic heterocycles.